The highest BCUT2D eigenvalue weighted by Gasteiger charge is 1.99. The van der Waals surface area contributed by atoms with Crippen molar-refractivity contribution in [1.82, 2.24) is 5.32 Å². The molecule has 0 aromatic heterocycles. The summed E-state index contributed by atoms with van der Waals surface area (Å²) >= 11 is 5.34. The molecule has 1 amide bonds. The minimum absolute atomic E-state index is 0.0474. The van der Waals surface area contributed by atoms with Gasteiger partial charge in [0.15, 0.2) is 0 Å². The fourth-order valence-electron chi connectivity index (χ4n) is 1.74. The van der Waals surface area contributed by atoms with Crippen LogP contribution in [0.1, 0.15) is 0 Å². The maximum absolute atomic E-state index is 10.9. The second-order valence-electron chi connectivity index (χ2n) is 4.03. The fraction of sp³-hybridized carbons (Fsp3) is 0.188. The average molecular weight is 288 g/mol. The molecule has 2 aromatic carbocycles. The highest BCUT2D eigenvalue weighted by atomic mass is 35.5. The summed E-state index contributed by atoms with van der Waals surface area (Å²) in [6, 6.07) is 13.9. The Hall–Kier alpha value is -2.18. The van der Waals surface area contributed by atoms with Crippen LogP contribution < -0.4 is 10.1 Å². The van der Waals surface area contributed by atoms with Crippen LogP contribution in [0.15, 0.2) is 42.5 Å². The predicted molar refractivity (Wildman–Crippen MR) is 80.9 cm³/mol. The molecule has 102 valence electrons. The van der Waals surface area contributed by atoms with Gasteiger partial charge in [-0.25, -0.2) is 0 Å². The second-order valence-corrected chi connectivity index (χ2v) is 4.30. The monoisotopic (exact) mass is 287 g/mol. The van der Waals surface area contributed by atoms with Gasteiger partial charge in [-0.2, -0.15) is 0 Å². The van der Waals surface area contributed by atoms with Gasteiger partial charge in [0.25, 0.3) is 0 Å². The van der Waals surface area contributed by atoms with Gasteiger partial charge < -0.3 is 10.1 Å². The SMILES string of the molecule is O=C(CCl)NCC#CCOc1cccc2ccccc12. The van der Waals surface area contributed by atoms with Crippen molar-refractivity contribution < 1.29 is 9.53 Å². The molecule has 0 unspecified atom stereocenters. The summed E-state index contributed by atoms with van der Waals surface area (Å²) in [4.78, 5) is 10.9. The molecule has 0 aliphatic rings. The number of rotatable bonds is 4. The molecule has 20 heavy (non-hydrogen) atoms. The molecule has 1 N–H and O–H groups in total. The summed E-state index contributed by atoms with van der Waals surface area (Å²) < 4.78 is 5.64. The van der Waals surface area contributed by atoms with Gasteiger partial charge in [-0.15, -0.1) is 11.6 Å². The van der Waals surface area contributed by atoms with Gasteiger partial charge in [-0.05, 0) is 11.5 Å². The molecule has 0 radical (unpaired) electrons. The first-order valence-electron chi connectivity index (χ1n) is 6.20. The Morgan fingerprint density at radius 2 is 1.95 bits per heavy atom. The average Bonchev–Trinajstić information content (AvgIpc) is 2.50. The van der Waals surface area contributed by atoms with E-state index in [0.717, 1.165) is 16.5 Å². The van der Waals surface area contributed by atoms with Gasteiger partial charge in [-0.3, -0.25) is 4.79 Å². The quantitative estimate of drug-likeness (QED) is 0.693. The van der Waals surface area contributed by atoms with Crippen molar-refractivity contribution in [1.29, 1.82) is 0 Å². The van der Waals surface area contributed by atoms with Crippen LogP contribution in [0.3, 0.4) is 0 Å². The molecule has 0 aliphatic heterocycles. The van der Waals surface area contributed by atoms with Crippen LogP contribution in [0.2, 0.25) is 0 Å². The fourth-order valence-corrected chi connectivity index (χ4v) is 1.83. The van der Waals surface area contributed by atoms with E-state index in [-0.39, 0.29) is 24.9 Å². The topological polar surface area (TPSA) is 38.3 Å². The summed E-state index contributed by atoms with van der Waals surface area (Å²) in [5, 5.41) is 4.75. The zero-order valence-electron chi connectivity index (χ0n) is 10.9. The molecule has 0 atom stereocenters. The number of carbonyl (C=O) groups is 1. The van der Waals surface area contributed by atoms with E-state index in [2.05, 4.69) is 17.2 Å². The number of nitrogens with one attached hydrogen (secondary N) is 1. The van der Waals surface area contributed by atoms with Crippen LogP contribution in [0, 0.1) is 11.8 Å². The summed E-state index contributed by atoms with van der Waals surface area (Å²) in [6.45, 7) is 0.565. The summed E-state index contributed by atoms with van der Waals surface area (Å²) in [5.74, 6) is 6.19. The number of amides is 1. The van der Waals surface area contributed by atoms with E-state index in [0.29, 0.717) is 0 Å². The normalized spacial score (nSPS) is 9.65. The number of fused-ring (bicyclic) bond motifs is 1. The van der Waals surface area contributed by atoms with E-state index >= 15 is 0 Å². The first-order valence-corrected chi connectivity index (χ1v) is 6.73. The molecule has 0 heterocycles. The number of carbonyl (C=O) groups excluding carboxylic acids is 1. The smallest absolute Gasteiger partial charge is 0.235 e. The van der Waals surface area contributed by atoms with Crippen LogP contribution in [-0.4, -0.2) is 24.9 Å². The molecule has 4 heteroatoms. The van der Waals surface area contributed by atoms with Crippen molar-refractivity contribution in [3.05, 3.63) is 42.5 Å². The Bertz CT molecular complexity index is 653. The lowest BCUT2D eigenvalue weighted by atomic mass is 10.1. The maximum atomic E-state index is 10.9. The number of hydrogen-bond acceptors (Lipinski definition) is 2. The Balaban J connectivity index is 1.90. The van der Waals surface area contributed by atoms with E-state index < -0.39 is 0 Å². The van der Waals surface area contributed by atoms with Crippen LogP contribution in [0.4, 0.5) is 0 Å². The molecule has 3 nitrogen and oxygen atoms in total. The van der Waals surface area contributed by atoms with Crippen molar-refractivity contribution in [3.8, 4) is 17.6 Å². The molecular weight excluding hydrogens is 274 g/mol. The third-order valence-corrected chi connectivity index (χ3v) is 2.91. The lowest BCUT2D eigenvalue weighted by Crippen LogP contribution is -2.24. The van der Waals surface area contributed by atoms with E-state index in [1.807, 2.05) is 42.5 Å². The highest BCUT2D eigenvalue weighted by molar-refractivity contribution is 6.27. The van der Waals surface area contributed by atoms with Crippen molar-refractivity contribution in [2.24, 2.45) is 0 Å². The molecule has 2 rings (SSSR count). The zero-order chi connectivity index (χ0) is 14.2. The standard InChI is InChI=1S/C16H14ClNO2/c17-12-16(19)18-10-3-4-11-20-15-9-5-7-13-6-1-2-8-14(13)15/h1-2,5-9H,10-12H2,(H,18,19). The van der Waals surface area contributed by atoms with Crippen molar-refractivity contribution in [2.75, 3.05) is 19.0 Å². The first kappa shape index (κ1) is 14.2. The lowest BCUT2D eigenvalue weighted by molar-refractivity contribution is -0.118. The molecule has 0 bridgehead atoms. The van der Waals surface area contributed by atoms with Gasteiger partial charge in [-0.1, -0.05) is 48.2 Å². The number of ether oxygens (including phenoxy) is 1. The number of halogens is 1. The Morgan fingerprint density at radius 1 is 1.15 bits per heavy atom. The largest absolute Gasteiger partial charge is 0.480 e. The lowest BCUT2D eigenvalue weighted by Gasteiger charge is -2.06. The van der Waals surface area contributed by atoms with Gasteiger partial charge in [0.05, 0.1) is 6.54 Å². The molecule has 0 spiro atoms. The van der Waals surface area contributed by atoms with E-state index in [1.165, 1.54) is 0 Å². The minimum atomic E-state index is -0.226. The van der Waals surface area contributed by atoms with Crippen molar-refractivity contribution >= 4 is 28.3 Å². The molecule has 2 aromatic rings. The molecule has 0 saturated heterocycles. The molecule has 0 fully saturated rings. The molecule has 0 saturated carbocycles. The number of alkyl halides is 1. The van der Waals surface area contributed by atoms with Crippen LogP contribution in [-0.2, 0) is 4.79 Å². The Labute approximate surface area is 122 Å². The van der Waals surface area contributed by atoms with E-state index in [4.69, 9.17) is 16.3 Å². The van der Waals surface area contributed by atoms with Crippen LogP contribution in [0.25, 0.3) is 10.8 Å². The van der Waals surface area contributed by atoms with Crippen molar-refractivity contribution in [3.63, 3.8) is 0 Å². The summed E-state index contributed by atoms with van der Waals surface area (Å²) in [7, 11) is 0. The number of hydrogen-bond donors (Lipinski definition) is 1. The van der Waals surface area contributed by atoms with Gasteiger partial charge >= 0.3 is 0 Å². The predicted octanol–water partition coefficient (Wildman–Crippen LogP) is 2.58. The van der Waals surface area contributed by atoms with Gasteiger partial charge in [0, 0.05) is 5.39 Å². The number of benzene rings is 2. The Morgan fingerprint density at radius 3 is 2.80 bits per heavy atom. The van der Waals surface area contributed by atoms with Crippen LogP contribution >= 0.6 is 11.6 Å². The maximum Gasteiger partial charge on any atom is 0.235 e. The third kappa shape index (κ3) is 3.91. The molecular formula is C16H14ClNO2. The minimum Gasteiger partial charge on any atom is -0.480 e. The summed E-state index contributed by atoms with van der Waals surface area (Å²) in [6.07, 6.45) is 0. The van der Waals surface area contributed by atoms with Crippen molar-refractivity contribution in [2.45, 2.75) is 0 Å². The van der Waals surface area contributed by atoms with E-state index in [9.17, 15) is 4.79 Å². The second kappa shape index (κ2) is 7.42. The molecule has 0 aliphatic carbocycles. The van der Waals surface area contributed by atoms with Gasteiger partial charge in [0.1, 0.15) is 18.2 Å². The highest BCUT2D eigenvalue weighted by Crippen LogP contribution is 2.24. The van der Waals surface area contributed by atoms with Crippen LogP contribution in [0.5, 0.6) is 5.75 Å². The first-order chi connectivity index (χ1) is 9.81. The zero-order valence-corrected chi connectivity index (χ0v) is 11.6. The van der Waals surface area contributed by atoms with E-state index in [1.54, 1.807) is 0 Å². The van der Waals surface area contributed by atoms with Gasteiger partial charge in [0.2, 0.25) is 5.91 Å². The summed E-state index contributed by atoms with van der Waals surface area (Å²) in [5.41, 5.74) is 0. The Kier molecular flexibility index (Phi) is 5.28. The third-order valence-electron chi connectivity index (χ3n) is 2.67.